The second-order valence-corrected chi connectivity index (χ2v) is 5.99. The fraction of sp³-hybridized carbons (Fsp3) is 0.100. The molecule has 0 aliphatic carbocycles. The van der Waals surface area contributed by atoms with Crippen molar-refractivity contribution in [2.24, 2.45) is 0 Å². The van der Waals surface area contributed by atoms with Crippen LogP contribution >= 0.6 is 0 Å². The van der Waals surface area contributed by atoms with Gasteiger partial charge in [-0.3, -0.25) is 0 Å². The number of esters is 2. The van der Waals surface area contributed by atoms with Gasteiger partial charge in [0.2, 0.25) is 0 Å². The summed E-state index contributed by atoms with van der Waals surface area (Å²) < 4.78 is 19.8. The van der Waals surface area contributed by atoms with Crippen LogP contribution < -0.4 is 11.3 Å². The van der Waals surface area contributed by atoms with Crippen LogP contribution in [-0.2, 0) is 9.47 Å². The van der Waals surface area contributed by atoms with Crippen molar-refractivity contribution in [1.29, 1.82) is 0 Å². The molecule has 0 radical (unpaired) electrons. The lowest BCUT2D eigenvalue weighted by atomic mass is 10.0. The normalized spacial score (nSPS) is 11.1. The maximum Gasteiger partial charge on any atom is 0.338 e. The van der Waals surface area contributed by atoms with Gasteiger partial charge in [-0.25, -0.2) is 19.2 Å². The first-order chi connectivity index (χ1) is 13.4. The number of carbonyl (C=O) groups is 2. The highest BCUT2D eigenvalue weighted by Gasteiger charge is 2.17. The molecule has 0 N–H and O–H groups in total. The largest absolute Gasteiger partial charge is 0.465 e. The number of hydrogen-bond acceptors (Lipinski definition) is 8. The van der Waals surface area contributed by atoms with Crippen molar-refractivity contribution in [3.05, 3.63) is 68.4 Å². The van der Waals surface area contributed by atoms with E-state index in [0.717, 1.165) is 12.1 Å². The molecule has 0 saturated carbocycles. The summed E-state index contributed by atoms with van der Waals surface area (Å²) in [7, 11) is 2.42. The molecular formula is C20H12O8. The van der Waals surface area contributed by atoms with Crippen LogP contribution in [0.1, 0.15) is 20.7 Å². The molecule has 8 heteroatoms. The molecule has 0 amide bonds. The van der Waals surface area contributed by atoms with Crippen LogP contribution in [-0.4, -0.2) is 26.2 Å². The van der Waals surface area contributed by atoms with Crippen molar-refractivity contribution in [2.75, 3.05) is 14.2 Å². The van der Waals surface area contributed by atoms with Gasteiger partial charge < -0.3 is 18.3 Å². The van der Waals surface area contributed by atoms with Crippen molar-refractivity contribution in [1.82, 2.24) is 0 Å². The number of benzene rings is 2. The molecule has 0 bridgehead atoms. The molecule has 0 spiro atoms. The zero-order valence-electron chi connectivity index (χ0n) is 14.7. The smallest absolute Gasteiger partial charge is 0.338 e. The molecule has 0 saturated heterocycles. The van der Waals surface area contributed by atoms with Gasteiger partial charge in [-0.1, -0.05) is 0 Å². The Labute approximate surface area is 155 Å². The van der Waals surface area contributed by atoms with E-state index in [1.807, 2.05) is 0 Å². The van der Waals surface area contributed by atoms with Crippen LogP contribution in [0, 0.1) is 0 Å². The third kappa shape index (κ3) is 2.71. The molecule has 28 heavy (non-hydrogen) atoms. The first kappa shape index (κ1) is 17.5. The van der Waals surface area contributed by atoms with Crippen LogP contribution in [0.15, 0.2) is 54.8 Å². The molecular weight excluding hydrogens is 368 g/mol. The number of fused-ring (bicyclic) bond motifs is 3. The van der Waals surface area contributed by atoms with Crippen molar-refractivity contribution >= 4 is 44.6 Å². The third-order valence-corrected chi connectivity index (χ3v) is 4.37. The summed E-state index contributed by atoms with van der Waals surface area (Å²) in [5.74, 6) is -1.36. The molecule has 0 unspecified atom stereocenters. The van der Waals surface area contributed by atoms with Gasteiger partial charge in [0, 0.05) is 22.9 Å². The summed E-state index contributed by atoms with van der Waals surface area (Å²) in [4.78, 5) is 47.6. The van der Waals surface area contributed by atoms with Crippen LogP contribution in [0.5, 0.6) is 0 Å². The summed E-state index contributed by atoms with van der Waals surface area (Å²) in [6.45, 7) is 0. The van der Waals surface area contributed by atoms with Crippen molar-refractivity contribution in [2.45, 2.75) is 0 Å². The standard InChI is InChI=1S/C20H12O8/c1-25-19(23)13-7-17(21)27-15-5-10-6-16-12(4-9(10)3-11(13)15)14(20(24)26-2)8-18(22)28-16/h3-8H,1-2H3. The Morgan fingerprint density at radius 1 is 0.679 bits per heavy atom. The van der Waals surface area contributed by atoms with Gasteiger partial charge in [0.05, 0.1) is 25.3 Å². The minimum Gasteiger partial charge on any atom is -0.465 e. The molecule has 140 valence electrons. The van der Waals surface area contributed by atoms with E-state index in [-0.39, 0.29) is 22.3 Å². The Hall–Kier alpha value is -3.94. The minimum absolute atomic E-state index is 0.0588. The van der Waals surface area contributed by atoms with Crippen molar-refractivity contribution in [3.63, 3.8) is 0 Å². The van der Waals surface area contributed by atoms with Gasteiger partial charge in [-0.2, -0.15) is 0 Å². The maximum atomic E-state index is 12.0. The first-order valence-corrected chi connectivity index (χ1v) is 8.07. The molecule has 4 rings (SSSR count). The predicted octanol–water partition coefficient (Wildman–Crippen LogP) is 2.63. The van der Waals surface area contributed by atoms with Gasteiger partial charge >= 0.3 is 23.2 Å². The number of hydrogen-bond donors (Lipinski definition) is 0. The number of methoxy groups -OCH3 is 2. The Morgan fingerprint density at radius 2 is 1.07 bits per heavy atom. The number of rotatable bonds is 2. The van der Waals surface area contributed by atoms with Crippen LogP contribution in [0.4, 0.5) is 0 Å². The van der Waals surface area contributed by atoms with E-state index in [1.54, 1.807) is 24.3 Å². The molecule has 4 aromatic rings. The zero-order valence-corrected chi connectivity index (χ0v) is 14.7. The molecule has 8 nitrogen and oxygen atoms in total. The molecule has 0 aliphatic rings. The topological polar surface area (TPSA) is 113 Å². The number of carbonyl (C=O) groups excluding carboxylic acids is 2. The van der Waals surface area contributed by atoms with Gasteiger partial charge in [0.1, 0.15) is 11.2 Å². The summed E-state index contributed by atoms with van der Waals surface area (Å²) in [5, 5.41) is 1.94. The van der Waals surface area contributed by atoms with Gasteiger partial charge in [0.25, 0.3) is 0 Å². The minimum atomic E-state index is -0.701. The Morgan fingerprint density at radius 3 is 1.46 bits per heavy atom. The fourth-order valence-electron chi connectivity index (χ4n) is 3.12. The van der Waals surface area contributed by atoms with Crippen LogP contribution in [0.2, 0.25) is 0 Å². The highest BCUT2D eigenvalue weighted by molar-refractivity contribution is 6.11. The maximum absolute atomic E-state index is 12.0. The van der Waals surface area contributed by atoms with Crippen molar-refractivity contribution in [3.8, 4) is 0 Å². The van der Waals surface area contributed by atoms with E-state index < -0.39 is 23.2 Å². The van der Waals surface area contributed by atoms with E-state index >= 15 is 0 Å². The summed E-state index contributed by atoms with van der Waals surface area (Å²) >= 11 is 0. The van der Waals surface area contributed by atoms with Crippen LogP contribution in [0.25, 0.3) is 32.7 Å². The van der Waals surface area contributed by atoms with E-state index in [9.17, 15) is 19.2 Å². The second-order valence-electron chi connectivity index (χ2n) is 5.99. The van der Waals surface area contributed by atoms with Crippen LogP contribution in [0.3, 0.4) is 0 Å². The molecule has 2 heterocycles. The average Bonchev–Trinajstić information content (AvgIpc) is 2.68. The predicted molar refractivity (Wildman–Crippen MR) is 98.7 cm³/mol. The monoisotopic (exact) mass is 380 g/mol. The molecule has 2 aromatic heterocycles. The third-order valence-electron chi connectivity index (χ3n) is 4.37. The van der Waals surface area contributed by atoms with Gasteiger partial charge in [0.15, 0.2) is 0 Å². The summed E-state index contributed by atoms with van der Waals surface area (Å²) in [5.41, 5.74) is -0.940. The highest BCUT2D eigenvalue weighted by Crippen LogP contribution is 2.29. The summed E-state index contributed by atoms with van der Waals surface area (Å²) in [6, 6.07) is 8.46. The van der Waals surface area contributed by atoms with E-state index in [1.165, 1.54) is 14.2 Å². The SMILES string of the molecule is COC(=O)c1cc(=O)oc2cc3cc4oc(=O)cc(C(=O)OC)c4cc3cc12. The van der Waals surface area contributed by atoms with E-state index in [4.69, 9.17) is 18.3 Å². The quantitative estimate of drug-likeness (QED) is 0.296. The lowest BCUT2D eigenvalue weighted by molar-refractivity contribution is 0.0593. The lowest BCUT2D eigenvalue weighted by Crippen LogP contribution is -2.09. The zero-order chi connectivity index (χ0) is 20.0. The molecule has 0 fully saturated rings. The molecule has 2 aromatic carbocycles. The molecule has 0 atom stereocenters. The Kier molecular flexibility index (Phi) is 3.96. The summed E-state index contributed by atoms with van der Waals surface area (Å²) in [6.07, 6.45) is 0. The lowest BCUT2D eigenvalue weighted by Gasteiger charge is -2.08. The second kappa shape index (κ2) is 6.34. The fourth-order valence-corrected chi connectivity index (χ4v) is 3.12. The van der Waals surface area contributed by atoms with Crippen molar-refractivity contribution < 1.29 is 27.9 Å². The van der Waals surface area contributed by atoms with Gasteiger partial charge in [-0.05, 0) is 35.0 Å². The van der Waals surface area contributed by atoms with E-state index in [0.29, 0.717) is 21.5 Å². The molecule has 0 aliphatic heterocycles. The highest BCUT2D eigenvalue weighted by atomic mass is 16.5. The first-order valence-electron chi connectivity index (χ1n) is 8.07. The van der Waals surface area contributed by atoms with Gasteiger partial charge in [-0.15, -0.1) is 0 Å². The Bertz CT molecular complexity index is 1300. The Balaban J connectivity index is 2.13. The average molecular weight is 380 g/mol. The number of ether oxygens (including phenoxy) is 2. The van der Waals surface area contributed by atoms with E-state index in [2.05, 4.69) is 0 Å².